The Hall–Kier alpha value is -3.82. The van der Waals surface area contributed by atoms with Crippen molar-refractivity contribution >= 4 is 5.69 Å². The third-order valence-electron chi connectivity index (χ3n) is 3.98. The van der Waals surface area contributed by atoms with E-state index in [1.807, 2.05) is 72.8 Å². The van der Waals surface area contributed by atoms with E-state index < -0.39 is 0 Å². The molecule has 124 valence electrons. The first-order valence-electron chi connectivity index (χ1n) is 8.12. The standard InChI is InChI=1S/C21H14N4O/c22-25-24-18-13-11-17(12-14-18)21-23-19(15-7-3-1-4-8-15)20(26-21)16-9-5-2-6-10-16/h1-14H. The molecule has 1 aromatic heterocycles. The average molecular weight is 338 g/mol. The Labute approximate surface area is 150 Å². The van der Waals surface area contributed by atoms with Gasteiger partial charge in [-0.3, -0.25) is 0 Å². The zero-order valence-electron chi connectivity index (χ0n) is 13.8. The Kier molecular flexibility index (Phi) is 4.21. The number of hydrogen-bond acceptors (Lipinski definition) is 3. The summed E-state index contributed by atoms with van der Waals surface area (Å²) < 4.78 is 6.13. The van der Waals surface area contributed by atoms with Crippen molar-refractivity contribution in [3.63, 3.8) is 0 Å². The van der Waals surface area contributed by atoms with Crippen LogP contribution in [0.15, 0.2) is 94.5 Å². The Morgan fingerprint density at radius 3 is 1.96 bits per heavy atom. The van der Waals surface area contributed by atoms with Gasteiger partial charge in [-0.25, -0.2) is 4.98 Å². The molecule has 0 aliphatic rings. The molecule has 0 radical (unpaired) electrons. The Morgan fingerprint density at radius 2 is 1.35 bits per heavy atom. The largest absolute Gasteiger partial charge is 0.435 e. The molecular formula is C21H14N4O. The predicted octanol–water partition coefficient (Wildman–Crippen LogP) is 6.62. The van der Waals surface area contributed by atoms with Crippen molar-refractivity contribution in [2.45, 2.75) is 0 Å². The summed E-state index contributed by atoms with van der Waals surface area (Å²) in [5.41, 5.74) is 12.7. The highest BCUT2D eigenvalue weighted by molar-refractivity contribution is 5.79. The summed E-state index contributed by atoms with van der Waals surface area (Å²) in [5.74, 6) is 1.25. The van der Waals surface area contributed by atoms with Crippen molar-refractivity contribution in [1.82, 2.24) is 4.98 Å². The van der Waals surface area contributed by atoms with E-state index in [1.165, 1.54) is 0 Å². The van der Waals surface area contributed by atoms with Gasteiger partial charge in [0.15, 0.2) is 5.76 Å². The second-order valence-corrected chi connectivity index (χ2v) is 5.67. The molecule has 0 aliphatic heterocycles. The lowest BCUT2D eigenvalue weighted by Gasteiger charge is -2.00. The van der Waals surface area contributed by atoms with Crippen LogP contribution in [0.4, 0.5) is 5.69 Å². The van der Waals surface area contributed by atoms with Gasteiger partial charge in [-0.1, -0.05) is 77.9 Å². The van der Waals surface area contributed by atoms with E-state index in [1.54, 1.807) is 12.1 Å². The van der Waals surface area contributed by atoms with Gasteiger partial charge in [0.05, 0.1) is 0 Å². The van der Waals surface area contributed by atoms with Crippen molar-refractivity contribution in [1.29, 1.82) is 0 Å². The number of rotatable bonds is 4. The zero-order chi connectivity index (χ0) is 17.8. The summed E-state index contributed by atoms with van der Waals surface area (Å²) in [6.45, 7) is 0. The number of nitrogens with zero attached hydrogens (tertiary/aromatic N) is 4. The van der Waals surface area contributed by atoms with Crippen LogP contribution in [0.1, 0.15) is 0 Å². The van der Waals surface area contributed by atoms with E-state index in [4.69, 9.17) is 14.9 Å². The van der Waals surface area contributed by atoms with E-state index >= 15 is 0 Å². The molecule has 0 unspecified atom stereocenters. The van der Waals surface area contributed by atoms with Gasteiger partial charge in [0.1, 0.15) is 5.69 Å². The number of benzene rings is 3. The van der Waals surface area contributed by atoms with Crippen LogP contribution < -0.4 is 0 Å². The van der Waals surface area contributed by atoms with E-state index in [9.17, 15) is 0 Å². The SMILES string of the molecule is [N-]=[N+]=Nc1ccc(-c2nc(-c3ccccc3)c(-c3ccccc3)o2)cc1. The highest BCUT2D eigenvalue weighted by Crippen LogP contribution is 2.36. The Morgan fingerprint density at radius 1 is 0.731 bits per heavy atom. The molecule has 3 aromatic carbocycles. The number of hydrogen-bond donors (Lipinski definition) is 0. The smallest absolute Gasteiger partial charge is 0.227 e. The number of azide groups is 1. The molecule has 1 heterocycles. The van der Waals surface area contributed by atoms with Gasteiger partial charge in [-0.2, -0.15) is 0 Å². The quantitative estimate of drug-likeness (QED) is 0.238. The molecule has 5 nitrogen and oxygen atoms in total. The van der Waals surface area contributed by atoms with Crippen molar-refractivity contribution < 1.29 is 4.42 Å². The minimum atomic E-state index is 0.523. The second kappa shape index (κ2) is 6.97. The van der Waals surface area contributed by atoms with E-state index in [2.05, 4.69) is 10.0 Å². The first-order valence-corrected chi connectivity index (χ1v) is 8.12. The summed E-state index contributed by atoms with van der Waals surface area (Å²) in [4.78, 5) is 7.52. The van der Waals surface area contributed by atoms with Gasteiger partial charge in [0.25, 0.3) is 0 Å². The van der Waals surface area contributed by atoms with Gasteiger partial charge in [0.2, 0.25) is 5.89 Å². The van der Waals surface area contributed by atoms with Crippen LogP contribution in [0.25, 0.3) is 44.5 Å². The summed E-state index contributed by atoms with van der Waals surface area (Å²) in [7, 11) is 0. The normalized spacial score (nSPS) is 10.3. The van der Waals surface area contributed by atoms with E-state index in [-0.39, 0.29) is 0 Å². The van der Waals surface area contributed by atoms with Gasteiger partial charge < -0.3 is 4.42 Å². The Balaban J connectivity index is 1.84. The molecule has 0 amide bonds. The number of oxazole rings is 1. The van der Waals surface area contributed by atoms with Crippen LogP contribution in [0.5, 0.6) is 0 Å². The van der Waals surface area contributed by atoms with Gasteiger partial charge in [0, 0.05) is 27.3 Å². The fourth-order valence-corrected chi connectivity index (χ4v) is 2.74. The third-order valence-corrected chi connectivity index (χ3v) is 3.98. The summed E-state index contributed by atoms with van der Waals surface area (Å²) in [5, 5.41) is 3.59. The van der Waals surface area contributed by atoms with E-state index in [0.29, 0.717) is 11.6 Å². The van der Waals surface area contributed by atoms with Crippen LogP contribution in [0, 0.1) is 0 Å². The maximum Gasteiger partial charge on any atom is 0.227 e. The molecule has 0 N–H and O–H groups in total. The summed E-state index contributed by atoms with van der Waals surface area (Å²) in [6, 6.07) is 27.0. The maximum atomic E-state index is 8.53. The maximum absolute atomic E-state index is 8.53. The molecule has 0 aliphatic carbocycles. The fourth-order valence-electron chi connectivity index (χ4n) is 2.74. The number of aromatic nitrogens is 1. The lowest BCUT2D eigenvalue weighted by molar-refractivity contribution is 0.589. The third kappa shape index (κ3) is 3.07. The van der Waals surface area contributed by atoms with Crippen molar-refractivity contribution in [2.24, 2.45) is 5.11 Å². The molecule has 0 spiro atoms. The lowest BCUT2D eigenvalue weighted by atomic mass is 10.1. The first kappa shape index (κ1) is 15.7. The van der Waals surface area contributed by atoms with Crippen LogP contribution >= 0.6 is 0 Å². The van der Waals surface area contributed by atoms with Crippen LogP contribution in [0.2, 0.25) is 0 Å². The van der Waals surface area contributed by atoms with Crippen LogP contribution in [0.3, 0.4) is 0 Å². The Bertz CT molecular complexity index is 1010. The lowest BCUT2D eigenvalue weighted by Crippen LogP contribution is -1.82. The molecule has 26 heavy (non-hydrogen) atoms. The molecule has 0 bridgehead atoms. The van der Waals surface area contributed by atoms with Crippen LogP contribution in [-0.2, 0) is 0 Å². The van der Waals surface area contributed by atoms with Gasteiger partial charge in [-0.05, 0) is 17.7 Å². The molecular weight excluding hydrogens is 324 g/mol. The molecule has 0 fully saturated rings. The van der Waals surface area contributed by atoms with Gasteiger partial charge in [-0.15, -0.1) is 0 Å². The summed E-state index contributed by atoms with van der Waals surface area (Å²) in [6.07, 6.45) is 0. The molecule has 4 rings (SSSR count). The van der Waals surface area contributed by atoms with Crippen LogP contribution in [-0.4, -0.2) is 4.98 Å². The first-order chi connectivity index (χ1) is 12.8. The average Bonchev–Trinajstić information content (AvgIpc) is 3.16. The second-order valence-electron chi connectivity index (χ2n) is 5.67. The molecule has 5 heteroatoms. The fraction of sp³-hybridized carbons (Fsp3) is 0. The molecule has 0 atom stereocenters. The van der Waals surface area contributed by atoms with Gasteiger partial charge >= 0.3 is 0 Å². The van der Waals surface area contributed by atoms with Crippen molar-refractivity contribution in [2.75, 3.05) is 0 Å². The minimum absolute atomic E-state index is 0.523. The molecule has 0 saturated carbocycles. The topological polar surface area (TPSA) is 74.8 Å². The van der Waals surface area contributed by atoms with Crippen molar-refractivity contribution in [3.05, 3.63) is 95.4 Å². The van der Waals surface area contributed by atoms with Crippen molar-refractivity contribution in [3.8, 4) is 34.0 Å². The highest BCUT2D eigenvalue weighted by atomic mass is 16.4. The predicted molar refractivity (Wildman–Crippen MR) is 102 cm³/mol. The zero-order valence-corrected chi connectivity index (χ0v) is 13.8. The van der Waals surface area contributed by atoms with E-state index in [0.717, 1.165) is 28.1 Å². The molecule has 4 aromatic rings. The monoisotopic (exact) mass is 338 g/mol. The summed E-state index contributed by atoms with van der Waals surface area (Å²) >= 11 is 0. The molecule has 0 saturated heterocycles. The minimum Gasteiger partial charge on any atom is -0.435 e. The highest BCUT2D eigenvalue weighted by Gasteiger charge is 2.17.